The Morgan fingerprint density at radius 3 is 2.75 bits per heavy atom. The van der Waals surface area contributed by atoms with Crippen LogP contribution in [-0.2, 0) is 10.2 Å². The molecule has 2 aliphatic rings. The minimum atomic E-state index is -0.376. The molecular weight excluding hydrogens is 324 g/mol. The smallest absolute Gasteiger partial charge is 0.230 e. The minimum Gasteiger partial charge on any atom is -0.497 e. The van der Waals surface area contributed by atoms with Crippen molar-refractivity contribution in [2.75, 3.05) is 20.2 Å². The second-order valence-electron chi connectivity index (χ2n) is 7.07. The highest BCUT2D eigenvalue weighted by Gasteiger charge is 2.43. The Balaban J connectivity index is 0.00000208. The number of benzene rings is 1. The first-order chi connectivity index (χ1) is 11.2. The summed E-state index contributed by atoms with van der Waals surface area (Å²) < 4.78 is 5.37. The third kappa shape index (κ3) is 3.70. The summed E-state index contributed by atoms with van der Waals surface area (Å²) in [6.45, 7) is 4.18. The van der Waals surface area contributed by atoms with Crippen LogP contribution in [-0.4, -0.2) is 32.1 Å². The second-order valence-corrected chi connectivity index (χ2v) is 7.07. The van der Waals surface area contributed by atoms with Gasteiger partial charge in [-0.25, -0.2) is 0 Å². The van der Waals surface area contributed by atoms with E-state index >= 15 is 0 Å². The molecule has 0 bridgehead atoms. The summed E-state index contributed by atoms with van der Waals surface area (Å²) >= 11 is 0. The molecule has 2 unspecified atom stereocenters. The van der Waals surface area contributed by atoms with E-state index in [-0.39, 0.29) is 29.8 Å². The molecule has 0 aromatic heterocycles. The predicted octanol–water partition coefficient (Wildman–Crippen LogP) is 3.04. The van der Waals surface area contributed by atoms with E-state index in [1.807, 2.05) is 18.2 Å². The average molecular weight is 353 g/mol. The lowest BCUT2D eigenvalue weighted by Crippen LogP contribution is -2.53. The Kier molecular flexibility index (Phi) is 6.53. The van der Waals surface area contributed by atoms with Crippen LogP contribution in [0, 0.1) is 5.92 Å². The fourth-order valence-electron chi connectivity index (χ4n) is 4.08. The zero-order chi connectivity index (χ0) is 16.3. The summed E-state index contributed by atoms with van der Waals surface area (Å²) in [5, 5.41) is 6.76. The van der Waals surface area contributed by atoms with E-state index in [2.05, 4.69) is 23.6 Å². The van der Waals surface area contributed by atoms with Gasteiger partial charge in [-0.3, -0.25) is 4.79 Å². The van der Waals surface area contributed by atoms with Gasteiger partial charge < -0.3 is 15.4 Å². The van der Waals surface area contributed by atoms with Crippen LogP contribution < -0.4 is 15.4 Å². The maximum Gasteiger partial charge on any atom is 0.230 e. The lowest BCUT2D eigenvalue weighted by molar-refractivity contribution is -0.127. The van der Waals surface area contributed by atoms with Crippen molar-refractivity contribution < 1.29 is 9.53 Å². The Hall–Kier alpha value is -1.26. The van der Waals surface area contributed by atoms with E-state index < -0.39 is 0 Å². The van der Waals surface area contributed by atoms with Gasteiger partial charge in [0.2, 0.25) is 5.91 Å². The molecule has 1 heterocycles. The Bertz CT molecular complexity index is 558. The molecule has 1 saturated carbocycles. The molecule has 4 nitrogen and oxygen atoms in total. The van der Waals surface area contributed by atoms with Crippen molar-refractivity contribution in [3.63, 3.8) is 0 Å². The molecule has 2 atom stereocenters. The number of ether oxygens (including phenoxy) is 1. The van der Waals surface area contributed by atoms with E-state index in [0.29, 0.717) is 5.92 Å². The highest BCUT2D eigenvalue weighted by molar-refractivity contribution is 5.89. The van der Waals surface area contributed by atoms with Gasteiger partial charge in [0.25, 0.3) is 0 Å². The normalized spacial score (nSPS) is 25.6. The summed E-state index contributed by atoms with van der Waals surface area (Å²) in [6, 6.07) is 8.34. The minimum absolute atomic E-state index is 0. The highest BCUT2D eigenvalue weighted by atomic mass is 35.5. The van der Waals surface area contributed by atoms with E-state index in [9.17, 15) is 4.79 Å². The summed E-state index contributed by atoms with van der Waals surface area (Å²) in [6.07, 6.45) is 5.12. The van der Waals surface area contributed by atoms with E-state index in [1.54, 1.807) is 7.11 Å². The first-order valence-electron chi connectivity index (χ1n) is 8.82. The van der Waals surface area contributed by atoms with Crippen LogP contribution in [0.5, 0.6) is 5.75 Å². The number of hydrogen-bond acceptors (Lipinski definition) is 3. The molecule has 3 rings (SSSR count). The maximum atomic E-state index is 13.2. The zero-order valence-corrected chi connectivity index (χ0v) is 15.5. The zero-order valence-electron chi connectivity index (χ0n) is 14.6. The van der Waals surface area contributed by atoms with Crippen LogP contribution in [0.15, 0.2) is 24.3 Å². The van der Waals surface area contributed by atoms with Crippen molar-refractivity contribution in [1.29, 1.82) is 0 Å². The van der Waals surface area contributed by atoms with Gasteiger partial charge in [-0.2, -0.15) is 0 Å². The number of carbonyl (C=O) groups excluding carboxylic acids is 1. The molecule has 2 fully saturated rings. The van der Waals surface area contributed by atoms with Crippen molar-refractivity contribution >= 4 is 18.3 Å². The van der Waals surface area contributed by atoms with Crippen molar-refractivity contribution in [2.45, 2.75) is 50.5 Å². The topological polar surface area (TPSA) is 50.4 Å². The third-order valence-corrected chi connectivity index (χ3v) is 5.62. The number of carbonyl (C=O) groups is 1. The van der Waals surface area contributed by atoms with Crippen LogP contribution in [0.3, 0.4) is 0 Å². The molecular formula is C19H29ClN2O2. The molecule has 5 heteroatoms. The van der Waals surface area contributed by atoms with Gasteiger partial charge in [-0.05, 0) is 56.0 Å². The maximum absolute atomic E-state index is 13.2. The summed E-state index contributed by atoms with van der Waals surface area (Å²) in [5.74, 6) is 1.52. The molecule has 0 spiro atoms. The van der Waals surface area contributed by atoms with Gasteiger partial charge in [0.05, 0.1) is 12.5 Å². The van der Waals surface area contributed by atoms with Crippen molar-refractivity contribution in [3.8, 4) is 5.75 Å². The number of methoxy groups -OCH3 is 1. The predicted molar refractivity (Wildman–Crippen MR) is 99.0 cm³/mol. The SMILES string of the molecule is COc1cccc(C2(C(=O)NC3CCNCC3C)CCCC2)c1.Cl. The van der Waals surface area contributed by atoms with Gasteiger partial charge in [-0.1, -0.05) is 31.9 Å². The number of halogens is 1. The Morgan fingerprint density at radius 2 is 2.08 bits per heavy atom. The molecule has 1 aromatic carbocycles. The first-order valence-corrected chi connectivity index (χ1v) is 8.82. The quantitative estimate of drug-likeness (QED) is 0.875. The van der Waals surface area contributed by atoms with E-state index in [1.165, 1.54) is 0 Å². The summed E-state index contributed by atoms with van der Waals surface area (Å²) in [5.41, 5.74) is 0.729. The largest absolute Gasteiger partial charge is 0.497 e. The van der Waals surface area contributed by atoms with Crippen molar-refractivity contribution in [3.05, 3.63) is 29.8 Å². The molecule has 0 radical (unpaired) electrons. The number of hydrogen-bond donors (Lipinski definition) is 2. The molecule has 24 heavy (non-hydrogen) atoms. The number of amides is 1. The second kappa shape index (κ2) is 8.21. The Morgan fingerprint density at radius 1 is 1.33 bits per heavy atom. The van der Waals surface area contributed by atoms with E-state index in [4.69, 9.17) is 4.74 Å². The molecule has 1 aromatic rings. The highest BCUT2D eigenvalue weighted by Crippen LogP contribution is 2.42. The van der Waals surface area contributed by atoms with Crippen LogP contribution in [0.25, 0.3) is 0 Å². The lowest BCUT2D eigenvalue weighted by Gasteiger charge is -2.35. The first kappa shape index (κ1) is 19.1. The summed E-state index contributed by atoms with van der Waals surface area (Å²) in [7, 11) is 1.68. The van der Waals surface area contributed by atoms with E-state index in [0.717, 1.165) is 56.5 Å². The third-order valence-electron chi connectivity index (χ3n) is 5.62. The van der Waals surface area contributed by atoms with Gasteiger partial charge in [0.15, 0.2) is 0 Å². The van der Waals surface area contributed by atoms with Crippen LogP contribution in [0.1, 0.15) is 44.6 Å². The van der Waals surface area contributed by atoms with Gasteiger partial charge in [-0.15, -0.1) is 12.4 Å². The fourth-order valence-corrected chi connectivity index (χ4v) is 4.08. The van der Waals surface area contributed by atoms with Crippen LogP contribution >= 0.6 is 12.4 Å². The van der Waals surface area contributed by atoms with Crippen LogP contribution in [0.4, 0.5) is 0 Å². The fraction of sp³-hybridized carbons (Fsp3) is 0.632. The molecule has 134 valence electrons. The average Bonchev–Trinajstić information content (AvgIpc) is 3.08. The molecule has 1 aliphatic heterocycles. The monoisotopic (exact) mass is 352 g/mol. The molecule has 2 N–H and O–H groups in total. The summed E-state index contributed by atoms with van der Waals surface area (Å²) in [4.78, 5) is 13.2. The van der Waals surface area contributed by atoms with Gasteiger partial charge in [0.1, 0.15) is 5.75 Å². The molecule has 1 aliphatic carbocycles. The number of piperidine rings is 1. The van der Waals surface area contributed by atoms with Crippen molar-refractivity contribution in [2.24, 2.45) is 5.92 Å². The lowest BCUT2D eigenvalue weighted by atomic mass is 9.77. The van der Waals surface area contributed by atoms with Crippen molar-refractivity contribution in [1.82, 2.24) is 10.6 Å². The number of nitrogens with one attached hydrogen (secondary N) is 2. The van der Waals surface area contributed by atoms with Crippen LogP contribution in [0.2, 0.25) is 0 Å². The Labute approximate surface area is 151 Å². The number of rotatable bonds is 4. The standard InChI is InChI=1S/C19H28N2O2.ClH/c1-14-13-20-11-8-17(14)21-18(22)19(9-3-4-10-19)15-6-5-7-16(12-15)23-2;/h5-7,12,14,17,20H,3-4,8-11,13H2,1-2H3,(H,21,22);1H. The van der Waals surface area contributed by atoms with Gasteiger partial charge >= 0.3 is 0 Å². The van der Waals surface area contributed by atoms with Gasteiger partial charge in [0, 0.05) is 6.04 Å². The molecule has 1 saturated heterocycles. The molecule has 1 amide bonds.